The number of aryl methyl sites for hydroxylation is 4. The van der Waals surface area contributed by atoms with Crippen LogP contribution in [0.2, 0.25) is 0 Å². The second kappa shape index (κ2) is 17.7. The Morgan fingerprint density at radius 3 is 2.00 bits per heavy atom. The maximum absolute atomic E-state index is 14.9. The number of nitrogens with one attached hydrogen (secondary N) is 2. The molecule has 0 bridgehead atoms. The van der Waals surface area contributed by atoms with Crippen LogP contribution in [-0.4, -0.2) is 46.1 Å². The summed E-state index contributed by atoms with van der Waals surface area (Å²) in [6.45, 7) is 15.7. The zero-order valence-corrected chi connectivity index (χ0v) is 30.1. The molecule has 0 saturated carbocycles. The summed E-state index contributed by atoms with van der Waals surface area (Å²) in [5.41, 5.74) is 5.20. The molecular formula is C40H55N3O5. The van der Waals surface area contributed by atoms with E-state index in [0.29, 0.717) is 18.5 Å². The number of anilines is 1. The molecule has 0 saturated heterocycles. The van der Waals surface area contributed by atoms with Gasteiger partial charge < -0.3 is 25.4 Å². The third-order valence-electron chi connectivity index (χ3n) is 8.25. The van der Waals surface area contributed by atoms with Gasteiger partial charge in [-0.15, -0.1) is 0 Å². The molecule has 260 valence electrons. The van der Waals surface area contributed by atoms with Crippen molar-refractivity contribution in [2.45, 2.75) is 118 Å². The van der Waals surface area contributed by atoms with E-state index in [2.05, 4.69) is 17.6 Å². The molecule has 8 heteroatoms. The van der Waals surface area contributed by atoms with E-state index in [0.717, 1.165) is 65.6 Å². The normalized spacial score (nSPS) is 12.6. The average Bonchev–Trinajstić information content (AvgIpc) is 2.99. The van der Waals surface area contributed by atoms with E-state index in [1.54, 1.807) is 49.9 Å². The Hall–Kier alpha value is -4.33. The fourth-order valence-corrected chi connectivity index (χ4v) is 5.99. The Balaban J connectivity index is 2.12. The minimum atomic E-state index is -1.04. The number of phenols is 1. The fourth-order valence-electron chi connectivity index (χ4n) is 5.99. The summed E-state index contributed by atoms with van der Waals surface area (Å²) in [6, 6.07) is 16.4. The Labute approximate surface area is 287 Å². The highest BCUT2D eigenvalue weighted by Gasteiger charge is 2.37. The van der Waals surface area contributed by atoms with Crippen molar-refractivity contribution in [2.75, 3.05) is 11.9 Å². The number of hydrogen-bond donors (Lipinski definition) is 3. The van der Waals surface area contributed by atoms with E-state index in [1.807, 2.05) is 64.1 Å². The van der Waals surface area contributed by atoms with Crippen molar-refractivity contribution >= 4 is 23.6 Å². The lowest BCUT2D eigenvalue weighted by atomic mass is 9.96. The molecule has 0 aliphatic heterocycles. The highest BCUT2D eigenvalue weighted by atomic mass is 16.6. The lowest BCUT2D eigenvalue weighted by molar-refractivity contribution is -0.140. The van der Waals surface area contributed by atoms with Gasteiger partial charge in [0.1, 0.15) is 23.4 Å². The average molecular weight is 658 g/mol. The number of para-hydroxylation sites is 1. The van der Waals surface area contributed by atoms with Crippen molar-refractivity contribution < 1.29 is 24.2 Å². The molecule has 3 rings (SSSR count). The first-order chi connectivity index (χ1) is 22.7. The van der Waals surface area contributed by atoms with E-state index in [-0.39, 0.29) is 24.0 Å². The third-order valence-corrected chi connectivity index (χ3v) is 8.25. The van der Waals surface area contributed by atoms with E-state index in [9.17, 15) is 19.5 Å². The van der Waals surface area contributed by atoms with Crippen LogP contribution in [0.1, 0.15) is 106 Å². The molecule has 3 aromatic carbocycles. The molecule has 48 heavy (non-hydrogen) atoms. The van der Waals surface area contributed by atoms with Crippen molar-refractivity contribution in [3.05, 3.63) is 94.0 Å². The molecule has 8 nitrogen and oxygen atoms in total. The van der Waals surface area contributed by atoms with Gasteiger partial charge in [-0.25, -0.2) is 4.79 Å². The topological polar surface area (TPSA) is 108 Å². The molecule has 2 atom stereocenters. The number of amides is 3. The van der Waals surface area contributed by atoms with Crippen LogP contribution < -0.4 is 10.6 Å². The maximum atomic E-state index is 14.9. The summed E-state index contributed by atoms with van der Waals surface area (Å²) in [5.74, 6) is -0.606. The molecule has 0 spiro atoms. The van der Waals surface area contributed by atoms with Gasteiger partial charge in [-0.3, -0.25) is 9.59 Å². The Morgan fingerprint density at radius 1 is 0.833 bits per heavy atom. The molecule has 0 aromatic heterocycles. The first kappa shape index (κ1) is 38.1. The van der Waals surface area contributed by atoms with Gasteiger partial charge in [0.15, 0.2) is 0 Å². The molecule has 0 fully saturated rings. The molecule has 0 aliphatic carbocycles. The number of phenolic OH excluding ortho intramolecular Hbond substituents is 1. The monoisotopic (exact) mass is 657 g/mol. The highest BCUT2D eigenvalue weighted by molar-refractivity contribution is 6.00. The van der Waals surface area contributed by atoms with Gasteiger partial charge in [0.25, 0.3) is 5.91 Å². The van der Waals surface area contributed by atoms with Gasteiger partial charge in [-0.2, -0.15) is 0 Å². The summed E-state index contributed by atoms with van der Waals surface area (Å²) < 4.78 is 5.58. The summed E-state index contributed by atoms with van der Waals surface area (Å²) in [4.78, 5) is 44.2. The quantitative estimate of drug-likeness (QED) is 0.142. The van der Waals surface area contributed by atoms with Gasteiger partial charge in [0, 0.05) is 18.7 Å². The second-order valence-corrected chi connectivity index (χ2v) is 13.9. The molecular weight excluding hydrogens is 602 g/mol. The predicted molar refractivity (Wildman–Crippen MR) is 193 cm³/mol. The number of carbonyl (C=O) groups excluding carboxylic acids is 3. The van der Waals surface area contributed by atoms with Crippen LogP contribution in [-0.2, 0) is 20.7 Å². The highest BCUT2D eigenvalue weighted by Crippen LogP contribution is 2.29. The maximum Gasteiger partial charge on any atom is 0.408 e. The Kier molecular flexibility index (Phi) is 14.1. The number of carbonyl (C=O) groups is 3. The number of unbranched alkanes of at least 4 members (excludes halogenated alkanes) is 5. The summed E-state index contributed by atoms with van der Waals surface area (Å²) in [5, 5.41) is 15.9. The lowest BCUT2D eigenvalue weighted by Gasteiger charge is -2.35. The van der Waals surface area contributed by atoms with E-state index < -0.39 is 23.8 Å². The van der Waals surface area contributed by atoms with Gasteiger partial charge >= 0.3 is 6.09 Å². The standard InChI is InChI=1S/C40H55N3O5/c1-9-10-11-12-13-14-22-43(38(46)34(41-39(47)48-40(6,7)8)26-31-18-20-33(44)21-19-31)36(32-24-27(2)23-28(3)25-32)37(45)42-35-29(4)16-15-17-30(35)5/h15-21,23-25,34,36,44H,9-14,22,26H2,1-8H3,(H,41,47)(H,42,45). The first-order valence-electron chi connectivity index (χ1n) is 17.2. The predicted octanol–water partition coefficient (Wildman–Crippen LogP) is 8.63. The van der Waals surface area contributed by atoms with Gasteiger partial charge in [-0.05, 0) is 89.3 Å². The van der Waals surface area contributed by atoms with E-state index >= 15 is 0 Å². The number of rotatable bonds is 15. The van der Waals surface area contributed by atoms with Gasteiger partial charge in [0.2, 0.25) is 5.91 Å². The molecule has 0 radical (unpaired) electrons. The van der Waals surface area contributed by atoms with Crippen molar-refractivity contribution in [3.63, 3.8) is 0 Å². The third kappa shape index (κ3) is 11.7. The summed E-state index contributed by atoms with van der Waals surface area (Å²) >= 11 is 0. The van der Waals surface area contributed by atoms with Crippen LogP contribution in [0.3, 0.4) is 0 Å². The Morgan fingerprint density at radius 2 is 1.42 bits per heavy atom. The van der Waals surface area contributed by atoms with Gasteiger partial charge in [0.05, 0.1) is 0 Å². The molecule has 2 unspecified atom stereocenters. The number of alkyl carbamates (subject to hydrolysis) is 1. The van der Waals surface area contributed by atoms with Crippen LogP contribution in [0.25, 0.3) is 0 Å². The van der Waals surface area contributed by atoms with Crippen LogP contribution in [0, 0.1) is 27.7 Å². The molecule has 3 N–H and O–H groups in total. The smallest absolute Gasteiger partial charge is 0.408 e. The SMILES string of the molecule is CCCCCCCCN(C(=O)C(Cc1ccc(O)cc1)NC(=O)OC(C)(C)C)C(C(=O)Nc1c(C)cccc1C)c1cc(C)cc(C)c1. The van der Waals surface area contributed by atoms with Crippen molar-refractivity contribution in [1.82, 2.24) is 10.2 Å². The van der Waals surface area contributed by atoms with Crippen LogP contribution in [0.4, 0.5) is 10.5 Å². The van der Waals surface area contributed by atoms with E-state index in [1.165, 1.54) is 0 Å². The Bertz CT molecular complexity index is 1490. The van der Waals surface area contributed by atoms with E-state index in [4.69, 9.17) is 4.74 Å². The fraction of sp³-hybridized carbons (Fsp3) is 0.475. The number of nitrogens with zero attached hydrogens (tertiary/aromatic N) is 1. The van der Waals surface area contributed by atoms with Gasteiger partial charge in [-0.1, -0.05) is 98.7 Å². The molecule has 0 heterocycles. The largest absolute Gasteiger partial charge is 0.508 e. The van der Waals surface area contributed by atoms with Crippen LogP contribution in [0.15, 0.2) is 60.7 Å². The minimum absolute atomic E-state index is 0.101. The molecule has 3 aromatic rings. The zero-order valence-electron chi connectivity index (χ0n) is 30.1. The number of hydrogen-bond acceptors (Lipinski definition) is 5. The lowest BCUT2D eigenvalue weighted by Crippen LogP contribution is -2.53. The second-order valence-electron chi connectivity index (χ2n) is 13.9. The van der Waals surface area contributed by atoms with Crippen molar-refractivity contribution in [1.29, 1.82) is 0 Å². The summed E-state index contributed by atoms with van der Waals surface area (Å²) in [7, 11) is 0. The molecule has 3 amide bonds. The van der Waals surface area contributed by atoms with Crippen LogP contribution in [0.5, 0.6) is 5.75 Å². The number of ether oxygens (including phenoxy) is 1. The zero-order chi connectivity index (χ0) is 35.4. The summed E-state index contributed by atoms with van der Waals surface area (Å²) in [6.07, 6.45) is 5.46. The van der Waals surface area contributed by atoms with Crippen molar-refractivity contribution in [2.24, 2.45) is 0 Å². The number of aromatic hydroxyl groups is 1. The minimum Gasteiger partial charge on any atom is -0.508 e. The van der Waals surface area contributed by atoms with Crippen molar-refractivity contribution in [3.8, 4) is 5.75 Å². The van der Waals surface area contributed by atoms with Crippen LogP contribution >= 0.6 is 0 Å². The molecule has 0 aliphatic rings. The number of benzene rings is 3. The first-order valence-corrected chi connectivity index (χ1v) is 17.2.